The molecule has 11 atom stereocenters. The van der Waals surface area contributed by atoms with Crippen LogP contribution in [0.15, 0.2) is 83.4 Å². The maximum atomic E-state index is 12.8. The number of hydrogen-bond donors (Lipinski definition) is 9. The molecule has 4 aliphatic heterocycles. The molecule has 10 N–H and O–H groups in total. The summed E-state index contributed by atoms with van der Waals surface area (Å²) >= 11 is 0. The standard InChI is InChI=1S/C55H80N4O17S/c1-6-8-25-55(5)37-19-16-15-18-36(37)39(59(55)28-9-7-2)20-12-10-13-21-43-54(3,4)38-32-35(77(68,69)70)23-24-40(38)58(43)27-17-11-14-22-44(62)57-26-29-71-30-31-72-52-50(47(65)45(63)41(33-60)74-52)75-51-48(66)49(76-53(56)67)46(64)42(34-61)73-51/h10,12-13,15-16,18-21,23-24,32,41-42,45-52,60-61,63-66H,6-9,11,14,17,22,25-31,33-34H2,1-5H3,(H3-,56,57,62,67,68,69,70)/p+1/t41-,42+,45+,46+,47-,48-,49-,50-,51+,52-,55?/m0/s1. The highest BCUT2D eigenvalue weighted by atomic mass is 32.2. The Kier molecular flexibility index (Phi) is 22.4. The zero-order valence-electron chi connectivity index (χ0n) is 44.8. The first kappa shape index (κ1) is 61.6. The summed E-state index contributed by atoms with van der Waals surface area (Å²) in [6.07, 6.45) is 0.732. The van der Waals surface area contributed by atoms with Crippen molar-refractivity contribution in [2.45, 2.75) is 170 Å². The Hall–Kier alpha value is -4.66. The molecule has 428 valence electrons. The van der Waals surface area contributed by atoms with Crippen molar-refractivity contribution in [3.63, 3.8) is 0 Å². The van der Waals surface area contributed by atoms with Crippen LogP contribution in [0.2, 0.25) is 0 Å². The monoisotopic (exact) mass is 1100 g/mol. The molecular weight excluding hydrogens is 1020 g/mol. The van der Waals surface area contributed by atoms with Crippen molar-refractivity contribution in [3.8, 4) is 0 Å². The van der Waals surface area contributed by atoms with Crippen LogP contribution >= 0.6 is 0 Å². The highest BCUT2D eigenvalue weighted by Crippen LogP contribution is 2.49. The second-order valence-electron chi connectivity index (χ2n) is 20.6. The van der Waals surface area contributed by atoms with Crippen molar-refractivity contribution in [1.29, 1.82) is 0 Å². The van der Waals surface area contributed by atoms with Gasteiger partial charge in [-0.05, 0) is 55.2 Å². The summed E-state index contributed by atoms with van der Waals surface area (Å²) in [5.41, 5.74) is 10.8. The van der Waals surface area contributed by atoms with Crippen molar-refractivity contribution in [2.75, 3.05) is 57.6 Å². The number of fused-ring (bicyclic) bond motifs is 2. The van der Waals surface area contributed by atoms with Gasteiger partial charge in [0.25, 0.3) is 10.1 Å². The first-order valence-corrected chi connectivity index (χ1v) is 28.2. The molecule has 2 fully saturated rings. The second-order valence-corrected chi connectivity index (χ2v) is 22.0. The van der Waals surface area contributed by atoms with E-state index in [2.05, 4.69) is 78.1 Å². The van der Waals surface area contributed by atoms with Crippen LogP contribution in [0, 0.1) is 0 Å². The van der Waals surface area contributed by atoms with Gasteiger partial charge in [0.1, 0.15) is 49.3 Å². The van der Waals surface area contributed by atoms with Crippen LogP contribution in [0.25, 0.3) is 0 Å². The number of allylic oxidation sites excluding steroid dienone is 6. The number of hydrogen-bond acceptors (Lipinski definition) is 17. The molecular formula is C55H81N4O17S+. The van der Waals surface area contributed by atoms with E-state index in [0.29, 0.717) is 13.0 Å². The lowest BCUT2D eigenvalue weighted by Gasteiger charge is -2.46. The molecule has 22 heteroatoms. The van der Waals surface area contributed by atoms with Crippen molar-refractivity contribution in [2.24, 2.45) is 5.73 Å². The number of amides is 2. The third-order valence-corrected chi connectivity index (χ3v) is 15.7. The van der Waals surface area contributed by atoms with E-state index in [0.717, 1.165) is 68.4 Å². The fourth-order valence-electron chi connectivity index (χ4n) is 10.6. The van der Waals surface area contributed by atoms with E-state index in [-0.39, 0.29) is 49.1 Å². The zero-order valence-corrected chi connectivity index (χ0v) is 45.6. The first-order valence-electron chi connectivity index (χ1n) is 26.7. The molecule has 0 aromatic heterocycles. The molecule has 6 rings (SSSR count). The van der Waals surface area contributed by atoms with Crippen LogP contribution < -0.4 is 16.0 Å². The lowest BCUT2D eigenvalue weighted by Crippen LogP contribution is -2.65. The van der Waals surface area contributed by atoms with E-state index in [9.17, 15) is 53.2 Å². The Labute approximate surface area is 451 Å². The number of rotatable bonds is 28. The van der Waals surface area contributed by atoms with E-state index >= 15 is 0 Å². The van der Waals surface area contributed by atoms with Crippen molar-refractivity contribution >= 4 is 33.5 Å². The van der Waals surface area contributed by atoms with Gasteiger partial charge in [0.15, 0.2) is 24.2 Å². The van der Waals surface area contributed by atoms with Crippen LogP contribution in [-0.2, 0) is 54.3 Å². The molecule has 2 saturated heterocycles. The number of aliphatic hydroxyl groups is 6. The molecule has 4 heterocycles. The number of carbonyl (C=O) groups excluding carboxylic acids is 2. The van der Waals surface area contributed by atoms with E-state index in [1.807, 2.05) is 26.0 Å². The number of anilines is 1. The summed E-state index contributed by atoms with van der Waals surface area (Å²) in [7, 11) is -4.44. The van der Waals surface area contributed by atoms with Gasteiger partial charge in [-0.1, -0.05) is 83.4 Å². The van der Waals surface area contributed by atoms with Gasteiger partial charge in [0, 0.05) is 67.7 Å². The quantitative estimate of drug-likeness (QED) is 0.0256. The molecule has 2 amide bonds. The highest BCUT2D eigenvalue weighted by Gasteiger charge is 2.53. The molecule has 4 aliphatic rings. The first-order chi connectivity index (χ1) is 36.7. The van der Waals surface area contributed by atoms with E-state index in [1.54, 1.807) is 12.1 Å². The molecule has 0 aliphatic carbocycles. The number of benzene rings is 2. The van der Waals surface area contributed by atoms with Crippen LogP contribution in [0.5, 0.6) is 0 Å². The third-order valence-electron chi connectivity index (χ3n) is 14.9. The molecule has 2 aromatic carbocycles. The third kappa shape index (κ3) is 14.8. The van der Waals surface area contributed by atoms with Crippen LogP contribution in [0.4, 0.5) is 10.5 Å². The second kappa shape index (κ2) is 28.0. The van der Waals surface area contributed by atoms with E-state index in [4.69, 9.17) is 34.2 Å². The topological polar surface area (TPSA) is 310 Å². The van der Waals surface area contributed by atoms with Gasteiger partial charge in [-0.15, -0.1) is 0 Å². The Balaban J connectivity index is 0.997. The van der Waals surface area contributed by atoms with Gasteiger partial charge in [0.2, 0.25) is 11.6 Å². The SMILES string of the molecule is CCCC[N+]1=C(/C=C/C=C/C=C2\N(CCCCCC(=O)NCCOCCO[C@H]3O[C@@H](CO)[C@@H](O)[C@H](O)[C@@H]3O[C@H]3O[C@H](CO)[C@@H](O)[C@H](OC(N)=O)[C@@H]3O)c3ccc(S(=O)(=O)O)cc3C2(C)C)c2ccccc2C1(C)CCCC. The number of ether oxygens (including phenoxy) is 6. The van der Waals surface area contributed by atoms with Crippen molar-refractivity contribution in [1.82, 2.24) is 5.32 Å². The molecule has 0 saturated carbocycles. The number of aliphatic hydroxyl groups excluding tert-OH is 6. The fourth-order valence-corrected chi connectivity index (χ4v) is 11.1. The molecule has 21 nitrogen and oxygen atoms in total. The van der Waals surface area contributed by atoms with E-state index in [1.165, 1.54) is 22.9 Å². The number of unbranched alkanes of at least 4 members (excludes halogenated alkanes) is 4. The van der Waals surface area contributed by atoms with Gasteiger partial charge >= 0.3 is 6.09 Å². The van der Waals surface area contributed by atoms with Crippen LogP contribution in [0.1, 0.15) is 109 Å². The van der Waals surface area contributed by atoms with Gasteiger partial charge in [0.05, 0.1) is 43.5 Å². The van der Waals surface area contributed by atoms with Crippen LogP contribution in [-0.4, -0.2) is 180 Å². The molecule has 0 spiro atoms. The summed E-state index contributed by atoms with van der Waals surface area (Å²) in [6.45, 7) is 11.1. The van der Waals surface area contributed by atoms with Gasteiger partial charge in [-0.2, -0.15) is 8.42 Å². The zero-order chi connectivity index (χ0) is 56.1. The minimum absolute atomic E-state index is 0.0254. The molecule has 77 heavy (non-hydrogen) atoms. The minimum Gasteiger partial charge on any atom is -0.441 e. The summed E-state index contributed by atoms with van der Waals surface area (Å²) < 4.78 is 70.0. The fraction of sp³-hybridized carbons (Fsp3) is 0.618. The maximum Gasteiger partial charge on any atom is 0.404 e. The summed E-state index contributed by atoms with van der Waals surface area (Å²) in [6, 6.07) is 13.4. The van der Waals surface area contributed by atoms with Crippen molar-refractivity contribution < 1.29 is 86.2 Å². The number of nitrogens with zero attached hydrogens (tertiary/aromatic N) is 2. The van der Waals surface area contributed by atoms with Crippen molar-refractivity contribution in [3.05, 3.63) is 95.2 Å². The minimum atomic E-state index is -4.44. The Morgan fingerprint density at radius 1 is 0.818 bits per heavy atom. The molecule has 1 unspecified atom stereocenters. The lowest BCUT2D eigenvalue weighted by molar-refractivity contribution is -0.610. The number of carbonyl (C=O) groups is 2. The highest BCUT2D eigenvalue weighted by molar-refractivity contribution is 7.85. The Bertz CT molecular complexity index is 2540. The van der Waals surface area contributed by atoms with E-state index < -0.39 is 96.3 Å². The normalized spacial score (nSPS) is 28.7. The molecule has 2 aromatic rings. The average Bonchev–Trinajstić information content (AvgIpc) is 3.86. The molecule has 0 bridgehead atoms. The van der Waals surface area contributed by atoms with Crippen LogP contribution in [0.3, 0.4) is 0 Å². The average molecular weight is 1100 g/mol. The summed E-state index contributed by atoms with van der Waals surface area (Å²) in [5, 5.41) is 65.0. The number of primary amides is 1. The largest absolute Gasteiger partial charge is 0.441 e. The Morgan fingerprint density at radius 3 is 2.23 bits per heavy atom. The predicted octanol–water partition coefficient (Wildman–Crippen LogP) is 3.19. The Morgan fingerprint density at radius 2 is 1.53 bits per heavy atom. The van der Waals surface area contributed by atoms with Gasteiger partial charge in [-0.25, -0.2) is 9.37 Å². The summed E-state index contributed by atoms with van der Waals surface area (Å²) in [4.78, 5) is 26.3. The predicted molar refractivity (Wildman–Crippen MR) is 284 cm³/mol. The maximum absolute atomic E-state index is 12.8. The van der Waals surface area contributed by atoms with Gasteiger partial charge < -0.3 is 75.0 Å². The number of nitrogens with two attached hydrogens (primary N) is 1. The van der Waals surface area contributed by atoms with Gasteiger partial charge in [-0.3, -0.25) is 9.35 Å². The summed E-state index contributed by atoms with van der Waals surface area (Å²) in [5.74, 6) is -0.169. The molecule has 0 radical (unpaired) electrons. The lowest BCUT2D eigenvalue weighted by atomic mass is 9.83. The smallest absolute Gasteiger partial charge is 0.404 e. The number of nitrogens with one attached hydrogen (secondary N) is 1.